The molecule has 174 valence electrons. The SMILES string of the molecule is Cc1ccc(C(C(=O)NC2CCCCC2)N(CC#N)C(=O)CNC(=O)OC(C)(C)C)cc1. The Labute approximate surface area is 190 Å². The van der Waals surface area contributed by atoms with Crippen molar-refractivity contribution in [3.8, 4) is 6.07 Å². The van der Waals surface area contributed by atoms with Gasteiger partial charge in [-0.15, -0.1) is 0 Å². The third-order valence-corrected chi connectivity index (χ3v) is 5.25. The van der Waals surface area contributed by atoms with Gasteiger partial charge in [-0.3, -0.25) is 9.59 Å². The highest BCUT2D eigenvalue weighted by atomic mass is 16.6. The highest BCUT2D eigenvalue weighted by Crippen LogP contribution is 2.24. The second kappa shape index (κ2) is 11.5. The fourth-order valence-electron chi connectivity index (χ4n) is 3.71. The van der Waals surface area contributed by atoms with E-state index >= 15 is 0 Å². The second-order valence-corrected chi connectivity index (χ2v) is 9.19. The summed E-state index contributed by atoms with van der Waals surface area (Å²) in [5.41, 5.74) is 0.929. The maximum atomic E-state index is 13.3. The van der Waals surface area contributed by atoms with Gasteiger partial charge in [-0.05, 0) is 46.1 Å². The van der Waals surface area contributed by atoms with Gasteiger partial charge >= 0.3 is 6.09 Å². The lowest BCUT2D eigenvalue weighted by molar-refractivity contribution is -0.139. The standard InChI is InChI=1S/C24H34N4O4/c1-17-10-12-18(13-11-17)21(22(30)27-19-8-6-5-7-9-19)28(15-14-25)20(29)16-26-23(31)32-24(2,3)4/h10-13,19,21H,5-9,15-16H2,1-4H3,(H,26,31)(H,27,30). The number of alkyl carbamates (subject to hydrolysis) is 1. The molecule has 3 amide bonds. The molecule has 0 saturated heterocycles. The van der Waals surface area contributed by atoms with Crippen molar-refractivity contribution in [3.63, 3.8) is 0 Å². The monoisotopic (exact) mass is 442 g/mol. The summed E-state index contributed by atoms with van der Waals surface area (Å²) in [6.07, 6.45) is 4.34. The molecular formula is C24H34N4O4. The van der Waals surface area contributed by atoms with E-state index in [0.717, 1.165) is 37.7 Å². The Morgan fingerprint density at radius 3 is 2.34 bits per heavy atom. The van der Waals surface area contributed by atoms with E-state index in [1.165, 1.54) is 4.90 Å². The van der Waals surface area contributed by atoms with Gasteiger partial charge < -0.3 is 20.3 Å². The summed E-state index contributed by atoms with van der Waals surface area (Å²) in [5.74, 6) is -0.858. The first-order valence-corrected chi connectivity index (χ1v) is 11.1. The molecule has 0 bridgehead atoms. The largest absolute Gasteiger partial charge is 0.444 e. The van der Waals surface area contributed by atoms with Crippen molar-refractivity contribution < 1.29 is 19.1 Å². The molecule has 8 heteroatoms. The van der Waals surface area contributed by atoms with E-state index in [1.54, 1.807) is 32.9 Å². The van der Waals surface area contributed by atoms with Gasteiger partial charge in [0.05, 0.1) is 6.07 Å². The highest BCUT2D eigenvalue weighted by Gasteiger charge is 2.33. The molecule has 2 rings (SSSR count). The fourth-order valence-corrected chi connectivity index (χ4v) is 3.71. The molecule has 1 unspecified atom stereocenters. The minimum atomic E-state index is -0.967. The molecule has 0 aromatic heterocycles. The maximum absolute atomic E-state index is 13.3. The van der Waals surface area contributed by atoms with Gasteiger partial charge in [-0.25, -0.2) is 4.79 Å². The van der Waals surface area contributed by atoms with E-state index in [0.29, 0.717) is 5.56 Å². The Bertz CT molecular complexity index is 833. The lowest BCUT2D eigenvalue weighted by Crippen LogP contribution is -2.49. The van der Waals surface area contributed by atoms with Crippen LogP contribution in [0.2, 0.25) is 0 Å². The second-order valence-electron chi connectivity index (χ2n) is 9.19. The minimum Gasteiger partial charge on any atom is -0.444 e. The molecular weight excluding hydrogens is 408 g/mol. The number of hydrogen-bond acceptors (Lipinski definition) is 5. The van der Waals surface area contributed by atoms with Crippen molar-refractivity contribution >= 4 is 17.9 Å². The molecule has 1 aromatic carbocycles. The first kappa shape index (κ1) is 25.2. The van der Waals surface area contributed by atoms with Gasteiger partial charge in [-0.1, -0.05) is 49.1 Å². The molecule has 2 N–H and O–H groups in total. The number of rotatable bonds is 7. The third-order valence-electron chi connectivity index (χ3n) is 5.25. The number of carbonyl (C=O) groups excluding carboxylic acids is 3. The Morgan fingerprint density at radius 1 is 1.16 bits per heavy atom. The van der Waals surface area contributed by atoms with Crippen molar-refractivity contribution in [3.05, 3.63) is 35.4 Å². The molecule has 0 heterocycles. The molecule has 0 aliphatic heterocycles. The summed E-state index contributed by atoms with van der Waals surface area (Å²) in [6, 6.07) is 8.38. The lowest BCUT2D eigenvalue weighted by Gasteiger charge is -2.32. The number of carbonyl (C=O) groups is 3. The summed E-state index contributed by atoms with van der Waals surface area (Å²) < 4.78 is 5.17. The average molecular weight is 443 g/mol. The number of nitriles is 1. The van der Waals surface area contributed by atoms with Crippen molar-refractivity contribution in [2.24, 2.45) is 0 Å². The predicted molar refractivity (Wildman–Crippen MR) is 120 cm³/mol. The number of hydrogen-bond donors (Lipinski definition) is 2. The van der Waals surface area contributed by atoms with E-state index in [4.69, 9.17) is 4.74 Å². The summed E-state index contributed by atoms with van der Waals surface area (Å²) in [5, 5.41) is 14.9. The van der Waals surface area contributed by atoms with Crippen LogP contribution in [-0.2, 0) is 14.3 Å². The van der Waals surface area contributed by atoms with E-state index in [-0.39, 0.29) is 25.0 Å². The molecule has 8 nitrogen and oxygen atoms in total. The van der Waals surface area contributed by atoms with E-state index in [9.17, 15) is 19.6 Å². The van der Waals surface area contributed by atoms with Gasteiger partial charge in [0, 0.05) is 6.04 Å². The summed E-state index contributed by atoms with van der Waals surface area (Å²) >= 11 is 0. The zero-order valence-electron chi connectivity index (χ0n) is 19.4. The number of nitrogens with one attached hydrogen (secondary N) is 2. The van der Waals surface area contributed by atoms with Crippen molar-refractivity contribution in [2.75, 3.05) is 13.1 Å². The zero-order chi connectivity index (χ0) is 23.7. The first-order valence-electron chi connectivity index (χ1n) is 11.1. The molecule has 1 fully saturated rings. The van der Waals surface area contributed by atoms with Crippen LogP contribution < -0.4 is 10.6 Å². The van der Waals surface area contributed by atoms with Crippen LogP contribution in [0.5, 0.6) is 0 Å². The summed E-state index contributed by atoms with van der Waals surface area (Å²) in [7, 11) is 0. The maximum Gasteiger partial charge on any atom is 0.408 e. The number of ether oxygens (including phenoxy) is 1. The molecule has 1 aliphatic carbocycles. The molecule has 0 radical (unpaired) electrons. The quantitative estimate of drug-likeness (QED) is 0.629. The van der Waals surface area contributed by atoms with Gasteiger partial charge in [0.25, 0.3) is 0 Å². The van der Waals surface area contributed by atoms with Crippen molar-refractivity contribution in [2.45, 2.75) is 77.5 Å². The van der Waals surface area contributed by atoms with E-state index in [1.807, 2.05) is 25.1 Å². The highest BCUT2D eigenvalue weighted by molar-refractivity contribution is 5.90. The Hall–Kier alpha value is -3.08. The van der Waals surface area contributed by atoms with Crippen LogP contribution in [0.3, 0.4) is 0 Å². The lowest BCUT2D eigenvalue weighted by atomic mass is 9.94. The van der Waals surface area contributed by atoms with Gasteiger partial charge in [-0.2, -0.15) is 5.26 Å². The van der Waals surface area contributed by atoms with Gasteiger partial charge in [0.1, 0.15) is 24.7 Å². The minimum absolute atomic E-state index is 0.0584. The van der Waals surface area contributed by atoms with Crippen LogP contribution in [0.25, 0.3) is 0 Å². The summed E-state index contributed by atoms with van der Waals surface area (Å²) in [4.78, 5) is 39.5. The van der Waals surface area contributed by atoms with Crippen molar-refractivity contribution in [1.29, 1.82) is 5.26 Å². The van der Waals surface area contributed by atoms with Gasteiger partial charge in [0.2, 0.25) is 11.8 Å². The van der Waals surface area contributed by atoms with Crippen LogP contribution in [0, 0.1) is 18.3 Å². The van der Waals surface area contributed by atoms with Crippen LogP contribution in [0.4, 0.5) is 4.79 Å². The van der Waals surface area contributed by atoms with Crippen LogP contribution in [-0.4, -0.2) is 47.5 Å². The van der Waals surface area contributed by atoms with Crippen LogP contribution in [0.1, 0.15) is 70.0 Å². The molecule has 1 aromatic rings. The zero-order valence-corrected chi connectivity index (χ0v) is 19.4. The summed E-state index contributed by atoms with van der Waals surface area (Å²) in [6.45, 7) is 6.43. The number of amides is 3. The molecule has 1 saturated carbocycles. The average Bonchev–Trinajstić information content (AvgIpc) is 2.72. The third kappa shape index (κ3) is 7.88. The van der Waals surface area contributed by atoms with E-state index < -0.39 is 23.6 Å². The Balaban J connectivity index is 2.22. The smallest absolute Gasteiger partial charge is 0.408 e. The topological polar surface area (TPSA) is 112 Å². The normalized spacial score (nSPS) is 15.2. The Morgan fingerprint density at radius 2 is 1.78 bits per heavy atom. The first-order chi connectivity index (χ1) is 15.1. The number of aryl methyl sites for hydroxylation is 1. The van der Waals surface area contributed by atoms with Crippen molar-refractivity contribution in [1.82, 2.24) is 15.5 Å². The van der Waals surface area contributed by atoms with Crippen LogP contribution >= 0.6 is 0 Å². The molecule has 0 spiro atoms. The number of benzene rings is 1. The molecule has 1 aliphatic rings. The molecule has 1 atom stereocenters. The fraction of sp³-hybridized carbons (Fsp3) is 0.583. The van der Waals surface area contributed by atoms with E-state index in [2.05, 4.69) is 10.6 Å². The van der Waals surface area contributed by atoms with Gasteiger partial charge in [0.15, 0.2) is 0 Å². The predicted octanol–water partition coefficient (Wildman–Crippen LogP) is 3.36. The van der Waals surface area contributed by atoms with Crippen LogP contribution in [0.15, 0.2) is 24.3 Å². The Kier molecular flexibility index (Phi) is 9.06. The number of nitrogens with zero attached hydrogens (tertiary/aromatic N) is 2. The molecule has 32 heavy (non-hydrogen) atoms.